The summed E-state index contributed by atoms with van der Waals surface area (Å²) in [6, 6.07) is 1.82. The number of ether oxygens (including phenoxy) is 1. The van der Waals surface area contributed by atoms with E-state index in [0.717, 1.165) is 0 Å². The molecular weight excluding hydrogens is 152 g/mol. The Bertz CT molecular complexity index is 345. The van der Waals surface area contributed by atoms with Gasteiger partial charge in [0.05, 0.1) is 24.7 Å². The second kappa shape index (κ2) is 3.41. The molecule has 0 N–H and O–H groups in total. The van der Waals surface area contributed by atoms with Crippen LogP contribution in [-0.2, 0) is 4.74 Å². The lowest BCUT2D eigenvalue weighted by Gasteiger charge is -2.06. The van der Waals surface area contributed by atoms with Crippen molar-refractivity contribution < 1.29 is 4.74 Å². The Morgan fingerprint density at radius 1 is 1.75 bits per heavy atom. The molecule has 3 nitrogen and oxygen atoms in total. The van der Waals surface area contributed by atoms with Crippen molar-refractivity contribution in [3.8, 4) is 6.07 Å². The van der Waals surface area contributed by atoms with Crippen LogP contribution in [0.15, 0.2) is 35.4 Å². The number of hydrogen-bond acceptors (Lipinski definition) is 2. The van der Waals surface area contributed by atoms with Gasteiger partial charge in [-0.15, -0.1) is 0 Å². The molecule has 1 rings (SSSR count). The van der Waals surface area contributed by atoms with Crippen molar-refractivity contribution in [1.82, 2.24) is 0 Å². The minimum Gasteiger partial charge on any atom is -0.470 e. The van der Waals surface area contributed by atoms with E-state index in [2.05, 4.69) is 4.85 Å². The van der Waals surface area contributed by atoms with E-state index in [1.807, 2.05) is 6.07 Å². The van der Waals surface area contributed by atoms with E-state index in [-0.39, 0.29) is 5.70 Å². The summed E-state index contributed by atoms with van der Waals surface area (Å²) in [7, 11) is 0. The lowest BCUT2D eigenvalue weighted by molar-refractivity contribution is 0.348. The van der Waals surface area contributed by atoms with Gasteiger partial charge in [-0.2, -0.15) is 0 Å². The summed E-state index contributed by atoms with van der Waals surface area (Å²) in [4.78, 5) is 3.08. The number of nitriles is 1. The Labute approximate surface area is 70.7 Å². The van der Waals surface area contributed by atoms with E-state index in [4.69, 9.17) is 16.6 Å². The molecule has 0 radical (unpaired) electrons. The van der Waals surface area contributed by atoms with Gasteiger partial charge in [-0.3, -0.25) is 0 Å². The van der Waals surface area contributed by atoms with Gasteiger partial charge in [0.2, 0.25) is 0 Å². The first-order valence-electron chi connectivity index (χ1n) is 3.31. The average molecular weight is 158 g/mol. The SMILES string of the molecule is [C-]#[N+]/C(C#N)=C1\C=COC(C)=C1. The predicted molar refractivity (Wildman–Crippen MR) is 43.2 cm³/mol. The third-order valence-corrected chi connectivity index (χ3v) is 1.35. The van der Waals surface area contributed by atoms with Crippen LogP contribution in [0.1, 0.15) is 6.92 Å². The molecule has 0 saturated carbocycles. The number of nitrogens with zero attached hydrogens (tertiary/aromatic N) is 2. The highest BCUT2D eigenvalue weighted by molar-refractivity contribution is 5.46. The minimum absolute atomic E-state index is 0.0916. The van der Waals surface area contributed by atoms with Crippen molar-refractivity contribution in [2.45, 2.75) is 6.92 Å². The Morgan fingerprint density at radius 2 is 2.50 bits per heavy atom. The molecule has 0 bridgehead atoms. The van der Waals surface area contributed by atoms with Crippen LogP contribution in [0.5, 0.6) is 0 Å². The quantitative estimate of drug-likeness (QED) is 0.400. The van der Waals surface area contributed by atoms with Crippen LogP contribution in [0.2, 0.25) is 0 Å². The first kappa shape index (κ1) is 8.10. The van der Waals surface area contributed by atoms with E-state index in [1.54, 1.807) is 19.1 Å². The van der Waals surface area contributed by atoms with Crippen molar-refractivity contribution in [1.29, 1.82) is 5.26 Å². The average Bonchev–Trinajstić information content (AvgIpc) is 2.07. The standard InChI is InChI=1S/C9H6N2O/c1-7-5-8(3-4-12-7)9(6-10)11-2/h3-5H,1H3/b9-8+. The van der Waals surface area contributed by atoms with E-state index in [9.17, 15) is 0 Å². The summed E-state index contributed by atoms with van der Waals surface area (Å²) < 4.78 is 4.98. The zero-order valence-electron chi connectivity index (χ0n) is 6.53. The molecule has 0 aromatic rings. The van der Waals surface area contributed by atoms with Crippen LogP contribution in [0.25, 0.3) is 4.85 Å². The van der Waals surface area contributed by atoms with E-state index >= 15 is 0 Å². The maximum absolute atomic E-state index is 8.54. The molecule has 1 aliphatic rings. The monoisotopic (exact) mass is 158 g/mol. The van der Waals surface area contributed by atoms with E-state index in [1.165, 1.54) is 6.26 Å². The molecule has 0 aromatic heterocycles. The summed E-state index contributed by atoms with van der Waals surface area (Å²) in [5.41, 5.74) is 0.699. The number of allylic oxidation sites excluding steroid dienone is 5. The lowest BCUT2D eigenvalue weighted by Crippen LogP contribution is -1.89. The van der Waals surface area contributed by atoms with Crippen molar-refractivity contribution >= 4 is 0 Å². The largest absolute Gasteiger partial charge is 0.470 e. The summed E-state index contributed by atoms with van der Waals surface area (Å²) in [5.74, 6) is 0.684. The highest BCUT2D eigenvalue weighted by Gasteiger charge is 2.04. The number of rotatable bonds is 0. The summed E-state index contributed by atoms with van der Waals surface area (Å²) in [6.45, 7) is 8.47. The van der Waals surface area contributed by atoms with Gasteiger partial charge < -0.3 is 4.74 Å². The van der Waals surface area contributed by atoms with E-state index in [0.29, 0.717) is 11.3 Å². The fourth-order valence-electron chi connectivity index (χ4n) is 0.817. The topological polar surface area (TPSA) is 37.4 Å². The second-order valence-electron chi connectivity index (χ2n) is 2.20. The maximum atomic E-state index is 8.54. The molecule has 3 heteroatoms. The van der Waals surface area contributed by atoms with Gasteiger partial charge in [0.25, 0.3) is 5.70 Å². The van der Waals surface area contributed by atoms with Gasteiger partial charge in [0.15, 0.2) is 0 Å². The molecular formula is C9H6N2O. The molecule has 1 heterocycles. The highest BCUT2D eigenvalue weighted by atomic mass is 16.5. The van der Waals surface area contributed by atoms with Crippen molar-refractivity contribution in [3.05, 3.63) is 46.9 Å². The van der Waals surface area contributed by atoms with Crippen LogP contribution in [-0.4, -0.2) is 0 Å². The van der Waals surface area contributed by atoms with Crippen LogP contribution >= 0.6 is 0 Å². The molecule has 0 amide bonds. The van der Waals surface area contributed by atoms with Crippen molar-refractivity contribution in [2.24, 2.45) is 0 Å². The third-order valence-electron chi connectivity index (χ3n) is 1.35. The predicted octanol–water partition coefficient (Wildman–Crippen LogP) is 2.13. The van der Waals surface area contributed by atoms with Crippen LogP contribution in [0, 0.1) is 17.9 Å². The van der Waals surface area contributed by atoms with Crippen LogP contribution in [0.3, 0.4) is 0 Å². The van der Waals surface area contributed by atoms with Gasteiger partial charge in [-0.25, -0.2) is 10.1 Å². The number of hydrogen-bond donors (Lipinski definition) is 0. The molecule has 58 valence electrons. The molecule has 0 spiro atoms. The molecule has 1 aliphatic heterocycles. The van der Waals surface area contributed by atoms with Crippen LogP contribution in [0.4, 0.5) is 0 Å². The van der Waals surface area contributed by atoms with Gasteiger partial charge in [0, 0.05) is 0 Å². The van der Waals surface area contributed by atoms with Gasteiger partial charge in [-0.1, -0.05) is 0 Å². The molecule has 0 fully saturated rings. The normalized spacial score (nSPS) is 18.4. The molecule has 0 saturated heterocycles. The smallest absolute Gasteiger partial charge is 0.269 e. The molecule has 0 aliphatic carbocycles. The lowest BCUT2D eigenvalue weighted by atomic mass is 10.1. The molecule has 0 aromatic carbocycles. The van der Waals surface area contributed by atoms with E-state index < -0.39 is 0 Å². The fourth-order valence-corrected chi connectivity index (χ4v) is 0.817. The summed E-state index contributed by atoms with van der Waals surface area (Å²) in [5, 5.41) is 8.54. The fraction of sp³-hybridized carbons (Fsp3) is 0.111. The maximum Gasteiger partial charge on any atom is 0.269 e. The zero-order chi connectivity index (χ0) is 8.97. The van der Waals surface area contributed by atoms with Crippen LogP contribution < -0.4 is 0 Å². The zero-order valence-corrected chi connectivity index (χ0v) is 6.53. The molecule has 0 atom stereocenters. The second-order valence-corrected chi connectivity index (χ2v) is 2.20. The first-order chi connectivity index (χ1) is 5.77. The minimum atomic E-state index is 0.0916. The Hall–Kier alpha value is -2.00. The Kier molecular flexibility index (Phi) is 2.30. The molecule has 12 heavy (non-hydrogen) atoms. The third kappa shape index (κ3) is 1.53. The van der Waals surface area contributed by atoms with Gasteiger partial charge in [0.1, 0.15) is 0 Å². The summed E-state index contributed by atoms with van der Waals surface area (Å²) in [6.07, 6.45) is 4.73. The van der Waals surface area contributed by atoms with Gasteiger partial charge >= 0.3 is 0 Å². The van der Waals surface area contributed by atoms with Gasteiger partial charge in [-0.05, 0) is 24.6 Å². The van der Waals surface area contributed by atoms with Crippen molar-refractivity contribution in [3.63, 3.8) is 0 Å². The molecule has 0 unspecified atom stereocenters. The van der Waals surface area contributed by atoms with Crippen molar-refractivity contribution in [2.75, 3.05) is 0 Å². The Balaban J connectivity index is 3.13. The highest BCUT2D eigenvalue weighted by Crippen LogP contribution is 2.16. The Morgan fingerprint density at radius 3 is 3.00 bits per heavy atom. The summed E-state index contributed by atoms with van der Waals surface area (Å²) >= 11 is 0. The first-order valence-corrected chi connectivity index (χ1v) is 3.31.